The smallest absolute Gasteiger partial charge is 0.416 e. The molecule has 14 atom stereocenters. The number of ether oxygens (including phenoxy) is 6. The minimum Gasteiger partial charge on any atom is -0.456 e. The molecular weight excluding hydrogens is 939 g/mol. The van der Waals surface area contributed by atoms with Gasteiger partial charge in [0.25, 0.3) is 11.7 Å². The van der Waals surface area contributed by atoms with Crippen molar-refractivity contribution in [3.05, 3.63) is 57.6 Å². The number of hydrogen-bond donors (Lipinski definition) is 2. The summed E-state index contributed by atoms with van der Waals surface area (Å²) in [4.78, 5) is 71.4. The van der Waals surface area contributed by atoms with Crippen LogP contribution in [0.3, 0.4) is 0 Å². The molecule has 1 amide bonds. The van der Waals surface area contributed by atoms with Gasteiger partial charge in [-0.15, -0.1) is 0 Å². The Morgan fingerprint density at radius 1 is 0.929 bits per heavy atom. The second kappa shape index (κ2) is 24.9. The summed E-state index contributed by atoms with van der Waals surface area (Å²) >= 11 is 5.91. The quantitative estimate of drug-likeness (QED) is 0.0995. The lowest BCUT2D eigenvalue weighted by Crippen LogP contribution is -2.64. The van der Waals surface area contributed by atoms with E-state index in [0.29, 0.717) is 56.9 Å². The lowest BCUT2D eigenvalue weighted by atomic mass is 9.81. The van der Waals surface area contributed by atoms with Crippen molar-refractivity contribution >= 4 is 40.8 Å². The van der Waals surface area contributed by atoms with Crippen LogP contribution in [-0.2, 0) is 53.8 Å². The van der Waals surface area contributed by atoms with E-state index in [-0.39, 0.29) is 54.0 Å². The highest BCUT2D eigenvalue weighted by atomic mass is 35.5. The van der Waals surface area contributed by atoms with E-state index in [1.807, 2.05) is 32.9 Å². The highest BCUT2D eigenvalue weighted by molar-refractivity contribution is 6.39. The molecule has 3 fully saturated rings. The van der Waals surface area contributed by atoms with Crippen LogP contribution in [0, 0.1) is 29.6 Å². The van der Waals surface area contributed by atoms with Gasteiger partial charge in [-0.2, -0.15) is 13.2 Å². The average Bonchev–Trinajstić information content (AvgIpc) is 3.32. The lowest BCUT2D eigenvalue weighted by molar-refractivity contribution is -0.302. The normalized spacial score (nSPS) is 35.8. The van der Waals surface area contributed by atoms with Crippen LogP contribution >= 0.6 is 11.6 Å². The number of carbonyl (C=O) groups is 5. The molecule has 392 valence electrons. The molecule has 0 radical (unpaired) electrons. The summed E-state index contributed by atoms with van der Waals surface area (Å²) in [6.45, 7) is 10.4. The van der Waals surface area contributed by atoms with Crippen LogP contribution in [0.1, 0.15) is 128 Å². The van der Waals surface area contributed by atoms with Gasteiger partial charge in [-0.1, -0.05) is 57.0 Å². The third kappa shape index (κ3) is 13.9. The summed E-state index contributed by atoms with van der Waals surface area (Å²) in [5.74, 6) is -9.02. The maximum absolute atomic E-state index is 14.5. The molecule has 1 saturated carbocycles. The summed E-state index contributed by atoms with van der Waals surface area (Å²) in [6, 6.07) is 1.41. The summed E-state index contributed by atoms with van der Waals surface area (Å²) in [6.07, 6.45) is -2.69. The number of piperidine rings is 1. The third-order valence-electron chi connectivity index (χ3n) is 14.8. The van der Waals surface area contributed by atoms with E-state index in [1.54, 1.807) is 20.8 Å². The van der Waals surface area contributed by atoms with E-state index in [1.165, 1.54) is 21.3 Å². The number of nitrogens with zero attached hydrogens (tertiary/aromatic N) is 1. The number of alkyl halides is 3. The Balaban J connectivity index is 1.44. The number of halogens is 4. The highest BCUT2D eigenvalue weighted by Crippen LogP contribution is 2.40. The number of fused-ring (bicyclic) bond motifs is 3. The van der Waals surface area contributed by atoms with Crippen molar-refractivity contribution in [3.63, 3.8) is 0 Å². The Morgan fingerprint density at radius 2 is 1.60 bits per heavy atom. The molecule has 3 heterocycles. The van der Waals surface area contributed by atoms with Crippen LogP contribution in [-0.4, -0.2) is 133 Å². The number of benzene rings is 1. The van der Waals surface area contributed by atoms with Gasteiger partial charge in [0, 0.05) is 62.6 Å². The van der Waals surface area contributed by atoms with Crippen molar-refractivity contribution in [2.75, 3.05) is 34.5 Å². The molecule has 14 unspecified atom stereocenters. The molecule has 2 bridgehead atoms. The molecule has 1 aromatic rings. The molecule has 1 aromatic carbocycles. The number of ketones is 3. The number of aliphatic hydroxyl groups excluding tert-OH is 1. The van der Waals surface area contributed by atoms with E-state index >= 15 is 0 Å². The fourth-order valence-electron chi connectivity index (χ4n) is 10.7. The van der Waals surface area contributed by atoms with Crippen LogP contribution < -0.4 is 0 Å². The molecule has 3 aliphatic heterocycles. The van der Waals surface area contributed by atoms with Gasteiger partial charge in [0.15, 0.2) is 5.78 Å². The monoisotopic (exact) mass is 1010 g/mol. The molecule has 5 rings (SSSR count). The zero-order valence-corrected chi connectivity index (χ0v) is 42.7. The minimum absolute atomic E-state index is 0.0173. The summed E-state index contributed by atoms with van der Waals surface area (Å²) in [7, 11) is 4.49. The molecular formula is C52H73ClF3NO13. The summed E-state index contributed by atoms with van der Waals surface area (Å²) in [5, 5.41) is 23.7. The van der Waals surface area contributed by atoms with Gasteiger partial charge in [-0.05, 0) is 114 Å². The van der Waals surface area contributed by atoms with Crippen molar-refractivity contribution < 1.29 is 75.8 Å². The Morgan fingerprint density at radius 3 is 2.24 bits per heavy atom. The first-order valence-electron chi connectivity index (χ1n) is 24.6. The maximum Gasteiger partial charge on any atom is 0.416 e. The van der Waals surface area contributed by atoms with E-state index < -0.39 is 114 Å². The number of aliphatic hydroxyl groups is 2. The zero-order valence-electron chi connectivity index (χ0n) is 41.9. The first-order valence-corrected chi connectivity index (χ1v) is 25.0. The van der Waals surface area contributed by atoms with Crippen LogP contribution in [0.5, 0.6) is 0 Å². The summed E-state index contributed by atoms with van der Waals surface area (Å²) < 4.78 is 76.3. The van der Waals surface area contributed by atoms with Gasteiger partial charge in [0.1, 0.15) is 30.6 Å². The molecule has 18 heteroatoms. The Hall–Kier alpha value is -3.55. The van der Waals surface area contributed by atoms with Crippen molar-refractivity contribution in [1.29, 1.82) is 0 Å². The molecule has 0 aromatic heterocycles. The Kier molecular flexibility index (Phi) is 20.4. The molecule has 4 aliphatic rings. The van der Waals surface area contributed by atoms with Crippen LogP contribution in [0.25, 0.3) is 0 Å². The van der Waals surface area contributed by atoms with E-state index in [0.717, 1.165) is 28.7 Å². The first-order chi connectivity index (χ1) is 32.9. The molecule has 70 heavy (non-hydrogen) atoms. The highest BCUT2D eigenvalue weighted by Gasteiger charge is 2.56. The Bertz CT molecular complexity index is 2080. The standard InChI is InChI=1S/C52H73ClF3NO13/c1-10-34-18-28(2)17-29(3)19-44(66-8)47-45(67-9)21-31(5)51(64,70-47)48(61)49(62)57-16-12-11-13-38(57)50(63)69-46(32(6)39(58)26-40(34)59)30(4)20-33-14-15-42(43(22-33)65-7)68-27-41(60)35-23-36(52(54,55)56)25-37(53)24-35/h18,20,23-25,29,31-34,38-39,42-47,58,64H,10-17,19,21-22,26-27H2,1-9H3/b28-18+,30-20?. The van der Waals surface area contributed by atoms with Crippen molar-refractivity contribution in [2.24, 2.45) is 29.6 Å². The third-order valence-corrected chi connectivity index (χ3v) is 15.1. The lowest BCUT2D eigenvalue weighted by Gasteiger charge is -2.47. The predicted octanol–water partition coefficient (Wildman–Crippen LogP) is 8.05. The number of amides is 1. The number of rotatable bonds is 10. The predicted molar refractivity (Wildman–Crippen MR) is 253 cm³/mol. The van der Waals surface area contributed by atoms with Crippen LogP contribution in [0.2, 0.25) is 5.02 Å². The fourth-order valence-corrected chi connectivity index (χ4v) is 11.0. The van der Waals surface area contributed by atoms with Gasteiger partial charge in [0.2, 0.25) is 5.79 Å². The van der Waals surface area contributed by atoms with Crippen molar-refractivity contribution in [2.45, 2.75) is 173 Å². The second-order valence-electron chi connectivity index (χ2n) is 20.1. The first kappa shape index (κ1) is 57.4. The summed E-state index contributed by atoms with van der Waals surface area (Å²) in [5.41, 5.74) is 0.205. The van der Waals surface area contributed by atoms with Crippen molar-refractivity contribution in [1.82, 2.24) is 4.90 Å². The van der Waals surface area contributed by atoms with Gasteiger partial charge in [-0.25, -0.2) is 4.79 Å². The number of esters is 1. The molecule has 1 aliphatic carbocycles. The van der Waals surface area contributed by atoms with Gasteiger partial charge < -0.3 is 43.5 Å². The molecule has 2 N–H and O–H groups in total. The van der Waals surface area contributed by atoms with Gasteiger partial charge in [0.05, 0.1) is 36.1 Å². The van der Waals surface area contributed by atoms with Crippen LogP contribution in [0.15, 0.2) is 41.5 Å². The minimum atomic E-state index is -4.70. The van der Waals surface area contributed by atoms with Crippen molar-refractivity contribution in [3.8, 4) is 0 Å². The van der Waals surface area contributed by atoms with Gasteiger partial charge >= 0.3 is 12.1 Å². The number of hydrogen-bond acceptors (Lipinski definition) is 13. The Labute approximate surface area is 414 Å². The van der Waals surface area contributed by atoms with E-state index in [9.17, 15) is 47.4 Å². The average molecular weight is 1010 g/mol. The van der Waals surface area contributed by atoms with Crippen LogP contribution in [0.4, 0.5) is 13.2 Å². The number of cyclic esters (lactones) is 1. The number of allylic oxidation sites excluding steroid dienone is 3. The van der Waals surface area contributed by atoms with Gasteiger partial charge in [-0.3, -0.25) is 19.2 Å². The van der Waals surface area contributed by atoms with E-state index in [2.05, 4.69) is 0 Å². The largest absolute Gasteiger partial charge is 0.456 e. The number of carbonyl (C=O) groups excluding carboxylic acids is 5. The van der Waals surface area contributed by atoms with E-state index in [4.69, 9.17) is 40.0 Å². The number of Topliss-reactive ketones (excluding diaryl/α,β-unsaturated/α-hetero) is 3. The number of methoxy groups -OCH3 is 3. The topological polar surface area (TPSA) is 184 Å². The maximum atomic E-state index is 14.5. The zero-order chi connectivity index (χ0) is 51.8. The SMILES string of the molecule is CCC1/C=C(\C)CC(C)CC(OC)C2OC(O)(C(=O)C(=O)N3CCCCC3C(=O)OC(C(C)=CC3CCC(OCC(=O)c4cc(Cl)cc(C(F)(F)F)c4)C(OC)C3)C(C)C(O)CC1=O)C(C)CC2OC. The molecule has 14 nitrogen and oxygen atoms in total. The fraction of sp³-hybridized carbons (Fsp3) is 0.712. The molecule has 0 spiro atoms. The second-order valence-corrected chi connectivity index (χ2v) is 20.5. The molecule has 2 saturated heterocycles.